The molecule has 1 amide bonds. The van der Waals surface area contributed by atoms with Crippen LogP contribution in [0.1, 0.15) is 26.7 Å². The van der Waals surface area contributed by atoms with E-state index in [1.165, 1.54) is 0 Å². The third kappa shape index (κ3) is 1.23. The second-order valence-corrected chi connectivity index (χ2v) is 3.53. The van der Waals surface area contributed by atoms with Crippen LogP contribution < -0.4 is 5.32 Å². The van der Waals surface area contributed by atoms with Crippen molar-refractivity contribution >= 4 is 6.09 Å². The van der Waals surface area contributed by atoms with Crippen LogP contribution in [0.25, 0.3) is 0 Å². The summed E-state index contributed by atoms with van der Waals surface area (Å²) in [6.07, 6.45) is 1.20. The molecule has 0 aromatic heterocycles. The summed E-state index contributed by atoms with van der Waals surface area (Å²) in [5.41, 5.74) is 0.179. The van der Waals surface area contributed by atoms with E-state index in [1.807, 2.05) is 0 Å². The highest BCUT2D eigenvalue weighted by molar-refractivity contribution is 5.65. The normalized spacial score (nSPS) is 28.8. The second kappa shape index (κ2) is 2.15. The van der Waals surface area contributed by atoms with Gasteiger partial charge in [-0.05, 0) is 18.3 Å². The predicted octanol–water partition coefficient (Wildman–Crippen LogP) is 1.44. The highest BCUT2D eigenvalue weighted by Gasteiger charge is 2.39. The van der Waals surface area contributed by atoms with Gasteiger partial charge in [-0.15, -0.1) is 0 Å². The highest BCUT2D eigenvalue weighted by Crippen LogP contribution is 2.39. The maximum absolute atomic E-state index is 10.2. The van der Waals surface area contributed by atoms with Crippen molar-refractivity contribution in [3.05, 3.63) is 0 Å². The molecule has 0 heterocycles. The van der Waals surface area contributed by atoms with Crippen molar-refractivity contribution in [1.82, 2.24) is 5.32 Å². The Balaban J connectivity index is 2.37. The van der Waals surface area contributed by atoms with Crippen LogP contribution >= 0.6 is 0 Å². The minimum Gasteiger partial charge on any atom is -0.465 e. The summed E-state index contributed by atoms with van der Waals surface area (Å²) in [4.78, 5) is 10.2. The molecule has 0 aromatic rings. The number of rotatable bonds is 1. The predicted molar refractivity (Wildman–Crippen MR) is 38.0 cm³/mol. The first-order valence-electron chi connectivity index (χ1n) is 3.52. The molecule has 1 atom stereocenters. The van der Waals surface area contributed by atoms with Crippen LogP contribution in [0.15, 0.2) is 0 Å². The minimum atomic E-state index is -0.905. The van der Waals surface area contributed by atoms with Gasteiger partial charge in [0.1, 0.15) is 0 Å². The third-order valence-electron chi connectivity index (χ3n) is 2.32. The lowest BCUT2D eigenvalue weighted by molar-refractivity contribution is 0.101. The van der Waals surface area contributed by atoms with Gasteiger partial charge >= 0.3 is 6.09 Å². The van der Waals surface area contributed by atoms with Crippen LogP contribution in [0, 0.1) is 5.41 Å². The molecule has 58 valence electrons. The van der Waals surface area contributed by atoms with Crippen molar-refractivity contribution in [3.63, 3.8) is 0 Å². The zero-order valence-corrected chi connectivity index (χ0v) is 6.35. The SMILES string of the molecule is CC1(C)CCC1NC(=O)O. The fourth-order valence-electron chi connectivity index (χ4n) is 1.28. The van der Waals surface area contributed by atoms with Gasteiger partial charge in [0.2, 0.25) is 0 Å². The zero-order chi connectivity index (χ0) is 7.78. The fourth-order valence-corrected chi connectivity index (χ4v) is 1.28. The standard InChI is InChI=1S/C7H13NO2/c1-7(2)4-3-5(7)8-6(9)10/h5,8H,3-4H2,1-2H3,(H,9,10). The summed E-state index contributed by atoms with van der Waals surface area (Å²) in [7, 11) is 0. The van der Waals surface area contributed by atoms with Gasteiger partial charge in [-0.25, -0.2) is 4.79 Å². The quantitative estimate of drug-likeness (QED) is 0.583. The Morgan fingerprint density at radius 2 is 2.30 bits per heavy atom. The summed E-state index contributed by atoms with van der Waals surface area (Å²) in [5.74, 6) is 0. The van der Waals surface area contributed by atoms with E-state index in [1.54, 1.807) is 0 Å². The molecule has 0 radical (unpaired) electrons. The van der Waals surface area contributed by atoms with E-state index in [4.69, 9.17) is 5.11 Å². The molecule has 3 nitrogen and oxygen atoms in total. The lowest BCUT2D eigenvalue weighted by Crippen LogP contribution is -2.51. The van der Waals surface area contributed by atoms with Gasteiger partial charge in [-0.1, -0.05) is 13.8 Å². The van der Waals surface area contributed by atoms with E-state index >= 15 is 0 Å². The first kappa shape index (κ1) is 7.38. The molecule has 0 aliphatic heterocycles. The Labute approximate surface area is 60.4 Å². The molecule has 3 heteroatoms. The van der Waals surface area contributed by atoms with Crippen LogP contribution in [-0.2, 0) is 0 Å². The first-order chi connectivity index (χ1) is 4.52. The molecule has 10 heavy (non-hydrogen) atoms. The maximum Gasteiger partial charge on any atom is 0.404 e. The molecule has 2 N–H and O–H groups in total. The maximum atomic E-state index is 10.2. The van der Waals surface area contributed by atoms with E-state index < -0.39 is 6.09 Å². The molecule has 0 bridgehead atoms. The number of nitrogens with one attached hydrogen (secondary N) is 1. The lowest BCUT2D eigenvalue weighted by atomic mass is 9.67. The molecular formula is C7H13NO2. The van der Waals surface area contributed by atoms with Crippen LogP contribution in [0.2, 0.25) is 0 Å². The van der Waals surface area contributed by atoms with Gasteiger partial charge < -0.3 is 10.4 Å². The Hall–Kier alpha value is -0.730. The summed E-state index contributed by atoms with van der Waals surface area (Å²) in [5, 5.41) is 10.9. The molecule has 1 fully saturated rings. The number of hydrogen-bond acceptors (Lipinski definition) is 1. The van der Waals surface area contributed by atoms with Crippen LogP contribution in [0.3, 0.4) is 0 Å². The number of carboxylic acid groups (broad SMARTS) is 1. The average Bonchev–Trinajstić information content (AvgIpc) is 1.81. The van der Waals surface area contributed by atoms with E-state index in [0.717, 1.165) is 12.8 Å². The van der Waals surface area contributed by atoms with Crippen molar-refractivity contribution in [2.75, 3.05) is 0 Å². The van der Waals surface area contributed by atoms with Gasteiger partial charge in [-0.2, -0.15) is 0 Å². The monoisotopic (exact) mass is 143 g/mol. The van der Waals surface area contributed by atoms with Crippen LogP contribution in [0.4, 0.5) is 4.79 Å². The first-order valence-corrected chi connectivity index (χ1v) is 3.52. The zero-order valence-electron chi connectivity index (χ0n) is 6.35. The van der Waals surface area contributed by atoms with E-state index in [9.17, 15) is 4.79 Å². The molecule has 1 aliphatic carbocycles. The molecule has 1 unspecified atom stereocenters. The van der Waals surface area contributed by atoms with Gasteiger partial charge in [0.15, 0.2) is 0 Å². The highest BCUT2D eigenvalue weighted by atomic mass is 16.4. The Morgan fingerprint density at radius 3 is 2.40 bits per heavy atom. The van der Waals surface area contributed by atoms with Gasteiger partial charge in [0, 0.05) is 6.04 Å². The molecule has 1 aliphatic rings. The average molecular weight is 143 g/mol. The Kier molecular flexibility index (Phi) is 1.58. The van der Waals surface area contributed by atoms with Crippen LogP contribution in [-0.4, -0.2) is 17.2 Å². The third-order valence-corrected chi connectivity index (χ3v) is 2.32. The van der Waals surface area contributed by atoms with Crippen molar-refractivity contribution in [1.29, 1.82) is 0 Å². The van der Waals surface area contributed by atoms with Crippen molar-refractivity contribution in [2.45, 2.75) is 32.7 Å². The topological polar surface area (TPSA) is 49.3 Å². The summed E-state index contributed by atoms with van der Waals surface area (Å²) < 4.78 is 0. The summed E-state index contributed by atoms with van der Waals surface area (Å²) in [6.45, 7) is 4.16. The summed E-state index contributed by atoms with van der Waals surface area (Å²) >= 11 is 0. The molecule has 1 saturated carbocycles. The molecular weight excluding hydrogens is 130 g/mol. The molecule has 1 rings (SSSR count). The molecule has 0 saturated heterocycles. The Bertz CT molecular complexity index is 154. The van der Waals surface area contributed by atoms with E-state index in [0.29, 0.717) is 0 Å². The van der Waals surface area contributed by atoms with Crippen molar-refractivity contribution in [2.24, 2.45) is 5.41 Å². The van der Waals surface area contributed by atoms with E-state index in [2.05, 4.69) is 19.2 Å². The van der Waals surface area contributed by atoms with Crippen LogP contribution in [0.5, 0.6) is 0 Å². The smallest absolute Gasteiger partial charge is 0.404 e. The molecule has 0 spiro atoms. The number of carbonyl (C=O) groups is 1. The summed E-state index contributed by atoms with van der Waals surface area (Å²) in [6, 6.07) is 0.171. The Morgan fingerprint density at radius 1 is 1.70 bits per heavy atom. The van der Waals surface area contributed by atoms with Gasteiger partial charge in [0.25, 0.3) is 0 Å². The lowest BCUT2D eigenvalue weighted by Gasteiger charge is -2.44. The fraction of sp³-hybridized carbons (Fsp3) is 0.857. The largest absolute Gasteiger partial charge is 0.465 e. The number of hydrogen-bond donors (Lipinski definition) is 2. The van der Waals surface area contributed by atoms with Crippen molar-refractivity contribution < 1.29 is 9.90 Å². The second-order valence-electron chi connectivity index (χ2n) is 3.53. The van der Waals surface area contributed by atoms with E-state index in [-0.39, 0.29) is 11.5 Å². The van der Waals surface area contributed by atoms with Crippen molar-refractivity contribution in [3.8, 4) is 0 Å². The van der Waals surface area contributed by atoms with Gasteiger partial charge in [0.05, 0.1) is 0 Å². The van der Waals surface area contributed by atoms with Gasteiger partial charge in [-0.3, -0.25) is 0 Å². The number of amides is 1. The minimum absolute atomic E-state index is 0.171. The molecule has 0 aromatic carbocycles.